The van der Waals surface area contributed by atoms with Crippen molar-refractivity contribution >= 4 is 11.8 Å². The van der Waals surface area contributed by atoms with Crippen molar-refractivity contribution in [3.63, 3.8) is 0 Å². The molecule has 0 aromatic carbocycles. The highest BCUT2D eigenvalue weighted by Crippen LogP contribution is 2.34. The molecule has 0 aromatic rings. The van der Waals surface area contributed by atoms with Gasteiger partial charge >= 0.3 is 0 Å². The maximum absolute atomic E-state index is 11.7. The molecule has 1 heterocycles. The Labute approximate surface area is 96.5 Å². The van der Waals surface area contributed by atoms with Crippen LogP contribution in [-0.4, -0.2) is 23.8 Å². The number of likely N-dealkylation sites (N-methyl/N-ethyl adjacent to an activating group) is 1. The van der Waals surface area contributed by atoms with E-state index in [1.54, 1.807) is 14.0 Å². The monoisotopic (exact) mass is 221 g/mol. The molecule has 1 saturated carbocycles. The Morgan fingerprint density at radius 2 is 1.88 bits per heavy atom. The maximum atomic E-state index is 11.7. The highest BCUT2D eigenvalue weighted by atomic mass is 16.2. The van der Waals surface area contributed by atoms with Gasteiger partial charge in [-0.15, -0.1) is 0 Å². The summed E-state index contributed by atoms with van der Waals surface area (Å²) in [5, 5.41) is 0. The third kappa shape index (κ3) is 2.18. The fraction of sp³-hybridized carbons (Fsp3) is 0.692. The average Bonchev–Trinajstić information content (AvgIpc) is 3.06. The molecule has 88 valence electrons. The van der Waals surface area contributed by atoms with Crippen LogP contribution in [0.25, 0.3) is 0 Å². The first-order valence-corrected chi connectivity index (χ1v) is 6.13. The fourth-order valence-corrected chi connectivity index (χ4v) is 2.27. The predicted molar refractivity (Wildman–Crippen MR) is 61.7 cm³/mol. The molecule has 0 aromatic heterocycles. The van der Waals surface area contributed by atoms with Crippen LogP contribution in [0.15, 0.2) is 11.1 Å². The summed E-state index contributed by atoms with van der Waals surface area (Å²) in [6, 6.07) is 0. The van der Waals surface area contributed by atoms with Crippen LogP contribution in [-0.2, 0) is 9.59 Å². The van der Waals surface area contributed by atoms with Crippen molar-refractivity contribution in [2.75, 3.05) is 7.05 Å². The highest BCUT2D eigenvalue weighted by molar-refractivity contribution is 6.18. The molecule has 0 unspecified atom stereocenters. The average molecular weight is 221 g/mol. The normalized spacial score (nSPS) is 21.2. The summed E-state index contributed by atoms with van der Waals surface area (Å²) in [5.74, 6) is 0.745. The first-order chi connectivity index (χ1) is 7.61. The van der Waals surface area contributed by atoms with Gasteiger partial charge in [-0.2, -0.15) is 0 Å². The van der Waals surface area contributed by atoms with Gasteiger partial charge in [-0.25, -0.2) is 0 Å². The SMILES string of the molecule is CC1=C(CCCCC2CC2)C(=O)N(C)C1=O. The molecule has 0 radical (unpaired) electrons. The highest BCUT2D eigenvalue weighted by Gasteiger charge is 2.32. The van der Waals surface area contributed by atoms with E-state index >= 15 is 0 Å². The largest absolute Gasteiger partial charge is 0.278 e. The molecule has 2 amide bonds. The van der Waals surface area contributed by atoms with E-state index in [1.807, 2.05) is 0 Å². The topological polar surface area (TPSA) is 37.4 Å². The van der Waals surface area contributed by atoms with Gasteiger partial charge in [0.1, 0.15) is 0 Å². The van der Waals surface area contributed by atoms with Crippen molar-refractivity contribution in [2.45, 2.75) is 45.4 Å². The Hall–Kier alpha value is -1.12. The third-order valence-electron chi connectivity index (χ3n) is 3.63. The molecule has 0 saturated heterocycles. The number of carbonyl (C=O) groups is 2. The van der Waals surface area contributed by atoms with Crippen molar-refractivity contribution in [1.82, 2.24) is 4.90 Å². The second kappa shape index (κ2) is 4.40. The van der Waals surface area contributed by atoms with Gasteiger partial charge in [0.05, 0.1) is 0 Å². The van der Waals surface area contributed by atoms with Crippen LogP contribution < -0.4 is 0 Å². The van der Waals surface area contributed by atoms with Gasteiger partial charge in [-0.3, -0.25) is 14.5 Å². The molecule has 0 spiro atoms. The zero-order valence-electron chi connectivity index (χ0n) is 10.1. The zero-order chi connectivity index (χ0) is 11.7. The van der Waals surface area contributed by atoms with E-state index in [2.05, 4.69) is 0 Å². The molecule has 1 fully saturated rings. The van der Waals surface area contributed by atoms with E-state index in [9.17, 15) is 9.59 Å². The van der Waals surface area contributed by atoms with E-state index < -0.39 is 0 Å². The van der Waals surface area contributed by atoms with Gasteiger partial charge in [0.25, 0.3) is 11.8 Å². The van der Waals surface area contributed by atoms with E-state index in [0.29, 0.717) is 5.57 Å². The Bertz CT molecular complexity index is 353. The van der Waals surface area contributed by atoms with Crippen LogP contribution in [0.1, 0.15) is 45.4 Å². The quantitative estimate of drug-likeness (QED) is 0.527. The lowest BCUT2D eigenvalue weighted by Gasteiger charge is -2.06. The number of rotatable bonds is 5. The molecule has 2 aliphatic rings. The minimum Gasteiger partial charge on any atom is -0.278 e. The predicted octanol–water partition coefficient (Wildman–Crippen LogP) is 2.27. The van der Waals surface area contributed by atoms with Gasteiger partial charge < -0.3 is 0 Å². The summed E-state index contributed by atoms with van der Waals surface area (Å²) < 4.78 is 0. The minimum absolute atomic E-state index is 0.0890. The van der Waals surface area contributed by atoms with Crippen molar-refractivity contribution in [3.05, 3.63) is 11.1 Å². The third-order valence-corrected chi connectivity index (χ3v) is 3.63. The summed E-state index contributed by atoms with van der Waals surface area (Å²) in [5.41, 5.74) is 1.39. The summed E-state index contributed by atoms with van der Waals surface area (Å²) in [6.45, 7) is 1.76. The second-order valence-electron chi connectivity index (χ2n) is 4.96. The fourth-order valence-electron chi connectivity index (χ4n) is 2.27. The second-order valence-corrected chi connectivity index (χ2v) is 4.96. The number of hydrogen-bond donors (Lipinski definition) is 0. The summed E-state index contributed by atoms with van der Waals surface area (Å²) in [6.07, 6.45) is 7.07. The zero-order valence-corrected chi connectivity index (χ0v) is 10.1. The molecular weight excluding hydrogens is 202 g/mol. The molecule has 1 aliphatic heterocycles. The van der Waals surface area contributed by atoms with E-state index in [4.69, 9.17) is 0 Å². The number of carbonyl (C=O) groups excluding carboxylic acids is 2. The Morgan fingerprint density at radius 3 is 2.38 bits per heavy atom. The van der Waals surface area contributed by atoms with Crippen molar-refractivity contribution in [3.8, 4) is 0 Å². The van der Waals surface area contributed by atoms with Crippen LogP contribution in [0.3, 0.4) is 0 Å². The Kier molecular flexibility index (Phi) is 3.13. The van der Waals surface area contributed by atoms with E-state index in [1.165, 1.54) is 30.6 Å². The molecular formula is C13H19NO2. The van der Waals surface area contributed by atoms with Gasteiger partial charge in [-0.1, -0.05) is 25.7 Å². The maximum Gasteiger partial charge on any atom is 0.256 e. The number of unbranched alkanes of at least 4 members (excludes halogenated alkanes) is 1. The van der Waals surface area contributed by atoms with Crippen LogP contribution in [0, 0.1) is 5.92 Å². The van der Waals surface area contributed by atoms with Crippen LogP contribution >= 0.6 is 0 Å². The Balaban J connectivity index is 1.83. The first kappa shape index (κ1) is 11.4. The smallest absolute Gasteiger partial charge is 0.256 e. The molecule has 16 heavy (non-hydrogen) atoms. The molecule has 3 nitrogen and oxygen atoms in total. The number of imide groups is 1. The van der Waals surface area contributed by atoms with E-state index in [0.717, 1.165) is 24.3 Å². The molecule has 0 bridgehead atoms. The summed E-state index contributed by atoms with van der Waals surface area (Å²) in [4.78, 5) is 24.5. The van der Waals surface area contributed by atoms with Crippen LogP contribution in [0.5, 0.6) is 0 Å². The molecule has 2 rings (SSSR count). The van der Waals surface area contributed by atoms with Gasteiger partial charge in [-0.05, 0) is 25.7 Å². The molecule has 3 heteroatoms. The van der Waals surface area contributed by atoms with Gasteiger partial charge in [0.15, 0.2) is 0 Å². The van der Waals surface area contributed by atoms with Crippen molar-refractivity contribution < 1.29 is 9.59 Å². The standard InChI is InChI=1S/C13H19NO2/c1-9-11(13(16)14(2)12(9)15)6-4-3-5-10-7-8-10/h10H,3-8H2,1-2H3. The van der Waals surface area contributed by atoms with Crippen LogP contribution in [0.4, 0.5) is 0 Å². The summed E-state index contributed by atoms with van der Waals surface area (Å²) >= 11 is 0. The molecule has 0 N–H and O–H groups in total. The lowest BCUT2D eigenvalue weighted by molar-refractivity contribution is -0.135. The lowest BCUT2D eigenvalue weighted by atomic mass is 10.0. The molecule has 0 atom stereocenters. The van der Waals surface area contributed by atoms with Crippen molar-refractivity contribution in [2.24, 2.45) is 5.92 Å². The number of hydrogen-bond acceptors (Lipinski definition) is 2. The van der Waals surface area contributed by atoms with Gasteiger partial charge in [0, 0.05) is 18.2 Å². The minimum atomic E-state index is -0.123. The summed E-state index contributed by atoms with van der Waals surface area (Å²) in [7, 11) is 1.56. The van der Waals surface area contributed by atoms with Gasteiger partial charge in [0.2, 0.25) is 0 Å². The number of amides is 2. The lowest BCUT2D eigenvalue weighted by Crippen LogP contribution is -2.26. The van der Waals surface area contributed by atoms with Crippen molar-refractivity contribution in [1.29, 1.82) is 0 Å². The van der Waals surface area contributed by atoms with Crippen LogP contribution in [0.2, 0.25) is 0 Å². The first-order valence-electron chi connectivity index (χ1n) is 6.13. The van der Waals surface area contributed by atoms with E-state index in [-0.39, 0.29) is 11.8 Å². The molecule has 1 aliphatic carbocycles. The number of nitrogens with zero attached hydrogens (tertiary/aromatic N) is 1. The Morgan fingerprint density at radius 1 is 1.19 bits per heavy atom.